The molecule has 1 N–H and O–H groups in total. The summed E-state index contributed by atoms with van der Waals surface area (Å²) in [4.78, 5) is 12.5. The van der Waals surface area contributed by atoms with E-state index >= 15 is 0 Å². The highest BCUT2D eigenvalue weighted by molar-refractivity contribution is 7.99. The number of nitrogens with one attached hydrogen (secondary N) is 1. The highest BCUT2D eigenvalue weighted by Crippen LogP contribution is 2.29. The van der Waals surface area contributed by atoms with Gasteiger partial charge < -0.3 is 9.47 Å². The lowest BCUT2D eigenvalue weighted by molar-refractivity contribution is -0.118. The maximum Gasteiger partial charge on any atom is 0.250 e. The quantitative estimate of drug-likeness (QED) is 0.211. The zero-order valence-electron chi connectivity index (χ0n) is 19.6. The molecular weight excluding hydrogens is 462 g/mol. The SMILES string of the molecule is COc1ccc(/C(C)=N\NC(=O)CSc2nnc(-c3ccc(OC)cc3)n2-c2ccccc2)cc1. The van der Waals surface area contributed by atoms with Gasteiger partial charge in [0.2, 0.25) is 0 Å². The van der Waals surface area contributed by atoms with Crippen molar-refractivity contribution in [1.82, 2.24) is 20.2 Å². The van der Waals surface area contributed by atoms with Crippen LogP contribution in [-0.2, 0) is 4.79 Å². The van der Waals surface area contributed by atoms with Crippen molar-refractivity contribution in [3.05, 3.63) is 84.4 Å². The van der Waals surface area contributed by atoms with E-state index < -0.39 is 0 Å². The molecule has 1 heterocycles. The Morgan fingerprint density at radius 2 is 1.54 bits per heavy atom. The largest absolute Gasteiger partial charge is 0.497 e. The number of hydrogen-bond donors (Lipinski definition) is 1. The molecule has 0 atom stereocenters. The van der Waals surface area contributed by atoms with Crippen LogP contribution in [0.15, 0.2) is 89.1 Å². The van der Waals surface area contributed by atoms with Gasteiger partial charge in [0.05, 0.1) is 25.7 Å². The zero-order chi connectivity index (χ0) is 24.6. The normalized spacial score (nSPS) is 11.2. The molecule has 0 radical (unpaired) electrons. The molecule has 8 nitrogen and oxygen atoms in total. The fraction of sp³-hybridized carbons (Fsp3) is 0.154. The molecule has 0 unspecified atom stereocenters. The van der Waals surface area contributed by atoms with Gasteiger partial charge in [0.15, 0.2) is 11.0 Å². The lowest BCUT2D eigenvalue weighted by Gasteiger charge is -2.10. The third-order valence-electron chi connectivity index (χ3n) is 5.18. The van der Waals surface area contributed by atoms with Gasteiger partial charge in [-0.15, -0.1) is 10.2 Å². The summed E-state index contributed by atoms with van der Waals surface area (Å²) in [6.45, 7) is 1.84. The van der Waals surface area contributed by atoms with Crippen LogP contribution in [0.5, 0.6) is 11.5 Å². The van der Waals surface area contributed by atoms with Gasteiger partial charge in [-0.25, -0.2) is 5.43 Å². The minimum atomic E-state index is -0.239. The van der Waals surface area contributed by atoms with Gasteiger partial charge in [0, 0.05) is 11.3 Å². The van der Waals surface area contributed by atoms with Crippen LogP contribution >= 0.6 is 11.8 Å². The summed E-state index contributed by atoms with van der Waals surface area (Å²) in [5.74, 6) is 2.09. The number of amides is 1. The summed E-state index contributed by atoms with van der Waals surface area (Å²) < 4.78 is 12.4. The van der Waals surface area contributed by atoms with Crippen LogP contribution in [0.1, 0.15) is 12.5 Å². The zero-order valence-corrected chi connectivity index (χ0v) is 20.5. The highest BCUT2D eigenvalue weighted by Gasteiger charge is 2.17. The van der Waals surface area contributed by atoms with Gasteiger partial charge in [0.1, 0.15) is 11.5 Å². The molecule has 0 spiro atoms. The van der Waals surface area contributed by atoms with E-state index in [0.29, 0.717) is 16.7 Å². The predicted molar refractivity (Wildman–Crippen MR) is 137 cm³/mol. The third-order valence-corrected chi connectivity index (χ3v) is 6.11. The van der Waals surface area contributed by atoms with Crippen molar-refractivity contribution in [1.29, 1.82) is 0 Å². The standard InChI is InChI=1S/C26H25N5O3S/c1-18(19-9-13-22(33-2)14-10-19)27-28-24(32)17-35-26-30-29-25(20-11-15-23(34-3)16-12-20)31(26)21-7-5-4-6-8-21/h4-16H,17H2,1-3H3,(H,28,32)/b27-18-. The van der Waals surface area contributed by atoms with Crippen molar-refractivity contribution in [2.75, 3.05) is 20.0 Å². The summed E-state index contributed by atoms with van der Waals surface area (Å²) in [7, 11) is 3.25. The Bertz CT molecular complexity index is 1300. The van der Waals surface area contributed by atoms with Crippen LogP contribution < -0.4 is 14.9 Å². The minimum absolute atomic E-state index is 0.132. The number of aromatic nitrogens is 3. The second kappa shape index (κ2) is 11.3. The molecule has 4 aromatic rings. The van der Waals surface area contributed by atoms with Gasteiger partial charge in [-0.1, -0.05) is 30.0 Å². The molecule has 3 aromatic carbocycles. The van der Waals surface area contributed by atoms with E-state index in [2.05, 4.69) is 20.7 Å². The Labute approximate surface area is 208 Å². The lowest BCUT2D eigenvalue weighted by Crippen LogP contribution is -2.21. The molecule has 0 fully saturated rings. The van der Waals surface area contributed by atoms with E-state index in [4.69, 9.17) is 9.47 Å². The van der Waals surface area contributed by atoms with Crippen molar-refractivity contribution in [3.63, 3.8) is 0 Å². The average Bonchev–Trinajstić information content (AvgIpc) is 3.35. The Kier molecular flexibility index (Phi) is 7.79. The number of nitrogens with zero attached hydrogens (tertiary/aromatic N) is 4. The first-order valence-electron chi connectivity index (χ1n) is 10.8. The van der Waals surface area contributed by atoms with Crippen LogP contribution in [0.25, 0.3) is 17.1 Å². The van der Waals surface area contributed by atoms with Gasteiger partial charge in [0.25, 0.3) is 5.91 Å². The number of carbonyl (C=O) groups is 1. The number of thioether (sulfide) groups is 1. The fourth-order valence-electron chi connectivity index (χ4n) is 3.31. The van der Waals surface area contributed by atoms with E-state index in [9.17, 15) is 4.79 Å². The molecule has 0 aliphatic rings. The number of ether oxygens (including phenoxy) is 2. The molecule has 0 aliphatic carbocycles. The maximum atomic E-state index is 12.5. The van der Waals surface area contributed by atoms with E-state index in [0.717, 1.165) is 28.3 Å². The van der Waals surface area contributed by atoms with Crippen molar-refractivity contribution in [2.24, 2.45) is 5.10 Å². The Hall–Kier alpha value is -4.11. The van der Waals surface area contributed by atoms with Gasteiger partial charge in [-0.2, -0.15) is 5.10 Å². The molecule has 0 saturated carbocycles. The van der Waals surface area contributed by atoms with Crippen molar-refractivity contribution < 1.29 is 14.3 Å². The van der Waals surface area contributed by atoms with E-state index in [1.54, 1.807) is 14.2 Å². The predicted octanol–water partition coefficient (Wildman–Crippen LogP) is 4.58. The van der Waals surface area contributed by atoms with Gasteiger partial charge in [-0.05, 0) is 73.2 Å². The fourth-order valence-corrected chi connectivity index (χ4v) is 4.05. The lowest BCUT2D eigenvalue weighted by atomic mass is 10.1. The van der Waals surface area contributed by atoms with Crippen LogP contribution in [0.2, 0.25) is 0 Å². The number of methoxy groups -OCH3 is 2. The molecule has 9 heteroatoms. The van der Waals surface area contributed by atoms with E-state index in [1.165, 1.54) is 11.8 Å². The molecular formula is C26H25N5O3S. The summed E-state index contributed by atoms with van der Waals surface area (Å²) in [6.07, 6.45) is 0. The first-order chi connectivity index (χ1) is 17.1. The first kappa shape index (κ1) is 24.0. The maximum absolute atomic E-state index is 12.5. The number of hydrogen-bond acceptors (Lipinski definition) is 7. The van der Waals surface area contributed by atoms with E-state index in [1.807, 2.05) is 90.4 Å². The molecule has 0 saturated heterocycles. The number of benzene rings is 3. The summed E-state index contributed by atoms with van der Waals surface area (Å²) in [5, 5.41) is 13.6. The van der Waals surface area contributed by atoms with Crippen LogP contribution in [0.3, 0.4) is 0 Å². The van der Waals surface area contributed by atoms with Crippen molar-refractivity contribution in [3.8, 4) is 28.6 Å². The number of para-hydroxylation sites is 1. The van der Waals surface area contributed by atoms with Crippen LogP contribution in [0, 0.1) is 0 Å². The second-order valence-electron chi connectivity index (χ2n) is 7.46. The summed E-state index contributed by atoms with van der Waals surface area (Å²) in [5.41, 5.74) is 6.00. The second-order valence-corrected chi connectivity index (χ2v) is 8.40. The minimum Gasteiger partial charge on any atom is -0.497 e. The molecule has 4 rings (SSSR count). The third kappa shape index (κ3) is 5.88. The molecule has 35 heavy (non-hydrogen) atoms. The number of hydrazone groups is 1. The number of carbonyl (C=O) groups excluding carboxylic acids is 1. The smallest absolute Gasteiger partial charge is 0.250 e. The van der Waals surface area contributed by atoms with Crippen molar-refractivity contribution >= 4 is 23.4 Å². The van der Waals surface area contributed by atoms with Crippen LogP contribution in [-0.4, -0.2) is 46.4 Å². The van der Waals surface area contributed by atoms with Crippen LogP contribution in [0.4, 0.5) is 0 Å². The van der Waals surface area contributed by atoms with Crippen molar-refractivity contribution in [2.45, 2.75) is 12.1 Å². The van der Waals surface area contributed by atoms with Gasteiger partial charge in [-0.3, -0.25) is 9.36 Å². The van der Waals surface area contributed by atoms with Gasteiger partial charge >= 0.3 is 0 Å². The highest BCUT2D eigenvalue weighted by atomic mass is 32.2. The monoisotopic (exact) mass is 487 g/mol. The molecule has 1 amide bonds. The molecule has 0 bridgehead atoms. The Morgan fingerprint density at radius 3 is 2.17 bits per heavy atom. The topological polar surface area (TPSA) is 90.6 Å². The Balaban J connectivity index is 1.49. The van der Waals surface area contributed by atoms with E-state index in [-0.39, 0.29) is 11.7 Å². The molecule has 0 aliphatic heterocycles. The summed E-state index contributed by atoms with van der Waals surface area (Å²) in [6, 6.07) is 24.9. The molecule has 178 valence electrons. The first-order valence-corrected chi connectivity index (χ1v) is 11.8. The molecule has 1 aromatic heterocycles. The average molecular weight is 488 g/mol. The number of rotatable bonds is 9. The summed E-state index contributed by atoms with van der Waals surface area (Å²) >= 11 is 1.29. The Morgan fingerprint density at radius 1 is 0.914 bits per heavy atom.